The first-order chi connectivity index (χ1) is 9.77. The average molecular weight is 294 g/mol. The van der Waals surface area contributed by atoms with Gasteiger partial charge in [0.15, 0.2) is 0 Å². The van der Waals surface area contributed by atoms with E-state index in [2.05, 4.69) is 5.16 Å². The maximum absolute atomic E-state index is 12.5. The third kappa shape index (κ3) is 2.66. The van der Waals surface area contributed by atoms with Crippen LogP contribution < -0.4 is 0 Å². The predicted octanol–water partition coefficient (Wildman–Crippen LogP) is 2.25. The van der Waals surface area contributed by atoms with E-state index >= 15 is 0 Å². The van der Waals surface area contributed by atoms with Crippen LogP contribution in [0.5, 0.6) is 0 Å². The van der Waals surface area contributed by atoms with Gasteiger partial charge in [0.05, 0.1) is 5.69 Å². The molecule has 0 aromatic carbocycles. The second-order valence-electron chi connectivity index (χ2n) is 6.07. The summed E-state index contributed by atoms with van der Waals surface area (Å²) in [6, 6.07) is 0. The average Bonchev–Trinajstić information content (AvgIpc) is 2.94. The van der Waals surface area contributed by atoms with E-state index in [-0.39, 0.29) is 18.2 Å². The molecule has 1 aromatic rings. The van der Waals surface area contributed by atoms with E-state index in [0.717, 1.165) is 23.4 Å². The first-order valence-corrected chi connectivity index (χ1v) is 7.24. The summed E-state index contributed by atoms with van der Waals surface area (Å²) < 4.78 is 5.13. The highest BCUT2D eigenvalue weighted by molar-refractivity contribution is 5.87. The minimum absolute atomic E-state index is 0.0394. The van der Waals surface area contributed by atoms with Gasteiger partial charge in [-0.15, -0.1) is 0 Å². The summed E-state index contributed by atoms with van der Waals surface area (Å²) in [6.45, 7) is 7.76. The van der Waals surface area contributed by atoms with Crippen molar-refractivity contribution in [3.05, 3.63) is 17.0 Å². The van der Waals surface area contributed by atoms with E-state index in [1.54, 1.807) is 6.92 Å². The number of amides is 1. The Hall–Kier alpha value is -1.85. The Morgan fingerprint density at radius 2 is 2.14 bits per heavy atom. The monoisotopic (exact) mass is 294 g/mol. The van der Waals surface area contributed by atoms with Crippen LogP contribution in [0.4, 0.5) is 0 Å². The summed E-state index contributed by atoms with van der Waals surface area (Å²) in [4.78, 5) is 25.5. The molecule has 0 spiro atoms. The molecule has 1 fully saturated rings. The highest BCUT2D eigenvalue weighted by Gasteiger charge is 2.45. The number of aryl methyl sites for hydroxylation is 2. The van der Waals surface area contributed by atoms with Crippen molar-refractivity contribution in [1.29, 1.82) is 0 Å². The lowest BCUT2D eigenvalue weighted by Gasteiger charge is -2.32. The lowest BCUT2D eigenvalue weighted by Crippen LogP contribution is -2.51. The van der Waals surface area contributed by atoms with Crippen LogP contribution in [0.15, 0.2) is 4.52 Å². The molecule has 0 aliphatic carbocycles. The standard InChI is InChI=1S/C15H22N2O4/c1-9(13-10(2)16-21-11(13)3)8-12(18)17-7-5-6-15(17,4)14(19)20/h9H,5-8H2,1-4H3,(H,19,20). The number of carboxylic acid groups (broad SMARTS) is 1. The molecule has 1 amide bonds. The van der Waals surface area contributed by atoms with Gasteiger partial charge in [-0.1, -0.05) is 12.1 Å². The highest BCUT2D eigenvalue weighted by Crippen LogP contribution is 2.32. The number of hydrogen-bond donors (Lipinski definition) is 1. The van der Waals surface area contributed by atoms with E-state index in [4.69, 9.17) is 4.52 Å². The van der Waals surface area contributed by atoms with Gasteiger partial charge in [-0.25, -0.2) is 4.79 Å². The summed E-state index contributed by atoms with van der Waals surface area (Å²) in [5.41, 5.74) is 0.657. The van der Waals surface area contributed by atoms with E-state index in [1.165, 1.54) is 4.90 Å². The Bertz CT molecular complexity index is 547. The van der Waals surface area contributed by atoms with E-state index in [9.17, 15) is 14.7 Å². The van der Waals surface area contributed by atoms with Crippen LogP contribution in [0.3, 0.4) is 0 Å². The largest absolute Gasteiger partial charge is 0.480 e. The van der Waals surface area contributed by atoms with Crippen LogP contribution in [0.1, 0.15) is 56.0 Å². The SMILES string of the molecule is Cc1noc(C)c1C(C)CC(=O)N1CCCC1(C)C(=O)O. The molecule has 2 atom stereocenters. The molecule has 2 rings (SSSR count). The van der Waals surface area contributed by atoms with E-state index < -0.39 is 11.5 Å². The minimum atomic E-state index is -1.07. The fourth-order valence-electron chi connectivity index (χ4n) is 3.25. The van der Waals surface area contributed by atoms with Gasteiger partial charge in [-0.05, 0) is 39.5 Å². The van der Waals surface area contributed by atoms with Gasteiger partial charge < -0.3 is 14.5 Å². The molecule has 0 radical (unpaired) electrons. The zero-order chi connectivity index (χ0) is 15.8. The van der Waals surface area contributed by atoms with E-state index in [1.807, 2.05) is 20.8 Å². The van der Waals surface area contributed by atoms with Crippen molar-refractivity contribution >= 4 is 11.9 Å². The summed E-state index contributed by atoms with van der Waals surface area (Å²) >= 11 is 0. The maximum atomic E-state index is 12.5. The van der Waals surface area contributed by atoms with Gasteiger partial charge in [0.2, 0.25) is 5.91 Å². The summed E-state index contributed by atoms with van der Waals surface area (Å²) in [6.07, 6.45) is 1.51. The quantitative estimate of drug-likeness (QED) is 0.920. The van der Waals surface area contributed by atoms with Crippen molar-refractivity contribution in [3.8, 4) is 0 Å². The van der Waals surface area contributed by atoms with Crippen molar-refractivity contribution < 1.29 is 19.2 Å². The molecular formula is C15H22N2O4. The molecule has 1 N–H and O–H groups in total. The molecule has 0 saturated carbocycles. The first-order valence-electron chi connectivity index (χ1n) is 7.24. The molecule has 2 heterocycles. The zero-order valence-corrected chi connectivity index (χ0v) is 13.0. The summed E-state index contributed by atoms with van der Waals surface area (Å²) in [5.74, 6) is -0.374. The molecular weight excluding hydrogens is 272 g/mol. The number of aromatic nitrogens is 1. The van der Waals surface area contributed by atoms with Crippen LogP contribution >= 0.6 is 0 Å². The molecule has 2 unspecified atom stereocenters. The van der Waals surface area contributed by atoms with Crippen LogP contribution in [0.2, 0.25) is 0 Å². The number of aliphatic carboxylic acids is 1. The Kier molecular flexibility index (Phi) is 4.07. The second-order valence-corrected chi connectivity index (χ2v) is 6.07. The van der Waals surface area contributed by atoms with Crippen LogP contribution in [-0.4, -0.2) is 39.1 Å². The van der Waals surface area contributed by atoms with Crippen molar-refractivity contribution in [2.24, 2.45) is 0 Å². The third-order valence-corrected chi connectivity index (χ3v) is 4.47. The molecule has 1 aliphatic heterocycles. The van der Waals surface area contributed by atoms with Gasteiger partial charge in [-0.2, -0.15) is 0 Å². The summed E-state index contributed by atoms with van der Waals surface area (Å²) in [7, 11) is 0. The fourth-order valence-corrected chi connectivity index (χ4v) is 3.25. The van der Waals surface area contributed by atoms with Crippen molar-refractivity contribution in [3.63, 3.8) is 0 Å². The Labute approximate surface area is 124 Å². The van der Waals surface area contributed by atoms with Crippen molar-refractivity contribution in [2.45, 2.75) is 58.4 Å². The smallest absolute Gasteiger partial charge is 0.329 e. The van der Waals surface area contributed by atoms with Gasteiger partial charge in [0, 0.05) is 18.5 Å². The van der Waals surface area contributed by atoms with Gasteiger partial charge in [0.1, 0.15) is 11.3 Å². The molecule has 1 saturated heterocycles. The number of carbonyl (C=O) groups is 2. The topological polar surface area (TPSA) is 83.6 Å². The van der Waals surface area contributed by atoms with Gasteiger partial charge >= 0.3 is 5.97 Å². The lowest BCUT2D eigenvalue weighted by atomic mass is 9.94. The molecule has 6 heteroatoms. The maximum Gasteiger partial charge on any atom is 0.329 e. The number of hydrogen-bond acceptors (Lipinski definition) is 4. The first kappa shape index (κ1) is 15.5. The molecule has 1 aliphatic rings. The molecule has 116 valence electrons. The Balaban J connectivity index is 2.13. The number of nitrogens with zero attached hydrogens (tertiary/aromatic N) is 2. The van der Waals surface area contributed by atoms with Crippen molar-refractivity contribution in [2.75, 3.05) is 6.54 Å². The van der Waals surface area contributed by atoms with Gasteiger partial charge in [0.25, 0.3) is 0 Å². The number of rotatable bonds is 4. The number of carboxylic acids is 1. The predicted molar refractivity (Wildman–Crippen MR) is 76.0 cm³/mol. The van der Waals surface area contributed by atoms with Crippen LogP contribution in [0.25, 0.3) is 0 Å². The Morgan fingerprint density at radius 3 is 2.67 bits per heavy atom. The normalized spacial score (nSPS) is 23.3. The zero-order valence-electron chi connectivity index (χ0n) is 13.0. The molecule has 21 heavy (non-hydrogen) atoms. The third-order valence-electron chi connectivity index (χ3n) is 4.47. The van der Waals surface area contributed by atoms with Gasteiger partial charge in [-0.3, -0.25) is 4.79 Å². The Morgan fingerprint density at radius 1 is 1.48 bits per heavy atom. The minimum Gasteiger partial charge on any atom is -0.480 e. The molecule has 1 aromatic heterocycles. The van der Waals surface area contributed by atoms with Crippen LogP contribution in [0, 0.1) is 13.8 Å². The molecule has 6 nitrogen and oxygen atoms in total. The summed E-state index contributed by atoms with van der Waals surface area (Å²) in [5, 5.41) is 13.3. The highest BCUT2D eigenvalue weighted by atomic mass is 16.5. The number of carbonyl (C=O) groups excluding carboxylic acids is 1. The fraction of sp³-hybridized carbons (Fsp3) is 0.667. The van der Waals surface area contributed by atoms with Crippen molar-refractivity contribution in [1.82, 2.24) is 10.1 Å². The number of likely N-dealkylation sites (tertiary alicyclic amines) is 1. The lowest BCUT2D eigenvalue weighted by molar-refractivity contribution is -0.155. The van der Waals surface area contributed by atoms with Crippen LogP contribution in [-0.2, 0) is 9.59 Å². The second kappa shape index (κ2) is 5.50. The molecule has 0 bridgehead atoms. The van der Waals surface area contributed by atoms with E-state index in [0.29, 0.717) is 13.0 Å².